The Bertz CT molecular complexity index is 716. The molecule has 5 nitrogen and oxygen atoms in total. The first-order valence-corrected chi connectivity index (χ1v) is 8.97. The van der Waals surface area contributed by atoms with E-state index in [0.717, 1.165) is 36.5 Å². The lowest BCUT2D eigenvalue weighted by Crippen LogP contribution is -2.37. The van der Waals surface area contributed by atoms with Gasteiger partial charge in [-0.1, -0.05) is 29.8 Å². The van der Waals surface area contributed by atoms with Crippen LogP contribution in [0.2, 0.25) is 0 Å². The van der Waals surface area contributed by atoms with Crippen LogP contribution in [0.4, 0.5) is 5.69 Å². The molecule has 1 fully saturated rings. The summed E-state index contributed by atoms with van der Waals surface area (Å²) in [5.41, 5.74) is 4.43. The minimum absolute atomic E-state index is 0.100. The van der Waals surface area contributed by atoms with E-state index in [1.807, 2.05) is 13.8 Å². The Morgan fingerprint density at radius 2 is 2.04 bits per heavy atom. The molecule has 1 amide bonds. The third-order valence-electron chi connectivity index (χ3n) is 5.03. The summed E-state index contributed by atoms with van der Waals surface area (Å²) in [6.07, 6.45) is 1.45. The molecule has 0 bridgehead atoms. The van der Waals surface area contributed by atoms with Crippen molar-refractivity contribution in [2.24, 2.45) is 0 Å². The van der Waals surface area contributed by atoms with Crippen LogP contribution in [0.1, 0.15) is 48.3 Å². The van der Waals surface area contributed by atoms with Crippen molar-refractivity contribution >= 4 is 11.6 Å². The van der Waals surface area contributed by atoms with Gasteiger partial charge in [0.15, 0.2) is 0 Å². The van der Waals surface area contributed by atoms with Crippen molar-refractivity contribution < 1.29 is 9.32 Å². The molecule has 2 aromatic rings. The molecule has 3 rings (SSSR count). The minimum atomic E-state index is 0.100. The maximum Gasteiger partial charge on any atom is 0.220 e. The Kier molecular flexibility index (Phi) is 5.11. The van der Waals surface area contributed by atoms with Crippen molar-refractivity contribution in [3.63, 3.8) is 0 Å². The number of hydrogen-bond acceptors (Lipinski definition) is 4. The van der Waals surface area contributed by atoms with Gasteiger partial charge in [-0.3, -0.25) is 4.79 Å². The smallest absolute Gasteiger partial charge is 0.220 e. The molecule has 0 saturated carbocycles. The zero-order valence-corrected chi connectivity index (χ0v) is 15.5. The van der Waals surface area contributed by atoms with E-state index in [9.17, 15) is 4.79 Å². The Morgan fingerprint density at radius 1 is 1.32 bits per heavy atom. The van der Waals surface area contributed by atoms with E-state index in [1.165, 1.54) is 11.3 Å². The Morgan fingerprint density at radius 3 is 2.68 bits per heavy atom. The number of aryl methyl sites for hydroxylation is 3. The lowest BCUT2D eigenvalue weighted by atomic mass is 9.96. The van der Waals surface area contributed by atoms with Gasteiger partial charge in [-0.25, -0.2) is 0 Å². The number of nitrogens with one attached hydrogen (secondary N) is 1. The predicted octanol–water partition coefficient (Wildman–Crippen LogP) is 3.49. The second-order valence-electron chi connectivity index (χ2n) is 7.18. The summed E-state index contributed by atoms with van der Waals surface area (Å²) in [6.45, 7) is 9.83. The fourth-order valence-electron chi connectivity index (χ4n) is 3.73. The lowest BCUT2D eigenvalue weighted by molar-refractivity contribution is -0.122. The molecular formula is C20H27N3O2. The Hall–Kier alpha value is -2.30. The number of aromatic nitrogens is 1. The van der Waals surface area contributed by atoms with Crippen LogP contribution in [0.3, 0.4) is 0 Å². The molecule has 1 aliphatic heterocycles. The molecule has 1 aliphatic rings. The maximum absolute atomic E-state index is 12.4. The molecule has 25 heavy (non-hydrogen) atoms. The van der Waals surface area contributed by atoms with Crippen molar-refractivity contribution in [3.8, 4) is 0 Å². The average Bonchev–Trinajstić information content (AvgIpc) is 3.14. The topological polar surface area (TPSA) is 58.4 Å². The highest BCUT2D eigenvalue weighted by atomic mass is 16.5. The first kappa shape index (κ1) is 17.5. The molecule has 1 aromatic heterocycles. The zero-order valence-electron chi connectivity index (χ0n) is 15.5. The molecule has 1 N–H and O–H groups in total. The number of carbonyl (C=O) groups is 1. The van der Waals surface area contributed by atoms with Gasteiger partial charge in [-0.2, -0.15) is 0 Å². The first-order chi connectivity index (χ1) is 11.9. The van der Waals surface area contributed by atoms with Gasteiger partial charge in [0.25, 0.3) is 0 Å². The van der Waals surface area contributed by atoms with Crippen molar-refractivity contribution in [2.45, 2.75) is 52.5 Å². The normalized spacial score (nSPS) is 18.4. The quantitative estimate of drug-likeness (QED) is 0.904. The lowest BCUT2D eigenvalue weighted by Gasteiger charge is -2.20. The summed E-state index contributed by atoms with van der Waals surface area (Å²) in [7, 11) is 0. The number of hydrogen-bond donors (Lipinski definition) is 1. The van der Waals surface area contributed by atoms with E-state index in [2.05, 4.69) is 53.5 Å². The summed E-state index contributed by atoms with van der Waals surface area (Å²) in [5, 5.41) is 7.17. The molecule has 0 radical (unpaired) electrons. The van der Waals surface area contributed by atoms with Crippen LogP contribution in [0.15, 0.2) is 28.8 Å². The molecule has 2 atom stereocenters. The molecule has 5 heteroatoms. The van der Waals surface area contributed by atoms with Crippen LogP contribution >= 0.6 is 0 Å². The summed E-state index contributed by atoms with van der Waals surface area (Å²) in [4.78, 5) is 14.8. The van der Waals surface area contributed by atoms with E-state index in [-0.39, 0.29) is 17.9 Å². The van der Waals surface area contributed by atoms with Gasteiger partial charge < -0.3 is 14.7 Å². The van der Waals surface area contributed by atoms with Crippen LogP contribution in [0.25, 0.3) is 0 Å². The van der Waals surface area contributed by atoms with Crippen LogP contribution < -0.4 is 10.2 Å². The second kappa shape index (κ2) is 7.30. The van der Waals surface area contributed by atoms with Crippen molar-refractivity contribution in [1.82, 2.24) is 10.5 Å². The van der Waals surface area contributed by atoms with Crippen LogP contribution in [0.5, 0.6) is 0 Å². The molecule has 0 aliphatic carbocycles. The van der Waals surface area contributed by atoms with E-state index >= 15 is 0 Å². The van der Waals surface area contributed by atoms with Gasteiger partial charge in [0.2, 0.25) is 5.91 Å². The standard InChI is InChI=1S/C20H27N3O2/c1-13-5-7-18(8-6-13)23-10-9-17(12-23)21-19(24)11-14(2)20-15(3)22-25-16(20)4/h5-8,14,17H,9-12H2,1-4H3,(H,21,24)/t14-,17+/m0/s1. The van der Waals surface area contributed by atoms with Gasteiger partial charge >= 0.3 is 0 Å². The summed E-state index contributed by atoms with van der Waals surface area (Å²) < 4.78 is 5.21. The van der Waals surface area contributed by atoms with Gasteiger partial charge in [0.1, 0.15) is 5.76 Å². The molecule has 1 aromatic carbocycles. The van der Waals surface area contributed by atoms with E-state index < -0.39 is 0 Å². The molecular weight excluding hydrogens is 314 g/mol. The Balaban J connectivity index is 1.53. The number of amides is 1. The van der Waals surface area contributed by atoms with Crippen LogP contribution in [-0.4, -0.2) is 30.2 Å². The molecule has 0 unspecified atom stereocenters. The highest BCUT2D eigenvalue weighted by Crippen LogP contribution is 2.26. The fraction of sp³-hybridized carbons (Fsp3) is 0.500. The van der Waals surface area contributed by atoms with E-state index in [1.54, 1.807) is 0 Å². The second-order valence-corrected chi connectivity index (χ2v) is 7.18. The van der Waals surface area contributed by atoms with Gasteiger partial charge in [0.05, 0.1) is 5.69 Å². The summed E-state index contributed by atoms with van der Waals surface area (Å²) >= 11 is 0. The highest BCUT2D eigenvalue weighted by Gasteiger charge is 2.25. The van der Waals surface area contributed by atoms with E-state index in [0.29, 0.717) is 6.42 Å². The van der Waals surface area contributed by atoms with Crippen molar-refractivity contribution in [2.75, 3.05) is 18.0 Å². The summed E-state index contributed by atoms with van der Waals surface area (Å²) in [5.74, 6) is 1.02. The fourth-order valence-corrected chi connectivity index (χ4v) is 3.73. The number of rotatable bonds is 5. The molecule has 1 saturated heterocycles. The molecule has 134 valence electrons. The number of anilines is 1. The Labute approximate surface area is 149 Å². The van der Waals surface area contributed by atoms with Crippen LogP contribution in [0, 0.1) is 20.8 Å². The third-order valence-corrected chi connectivity index (χ3v) is 5.03. The average molecular weight is 341 g/mol. The summed E-state index contributed by atoms with van der Waals surface area (Å²) in [6, 6.07) is 8.78. The first-order valence-electron chi connectivity index (χ1n) is 8.97. The number of carbonyl (C=O) groups excluding carboxylic acids is 1. The largest absolute Gasteiger partial charge is 0.369 e. The van der Waals surface area contributed by atoms with Gasteiger partial charge in [-0.15, -0.1) is 0 Å². The zero-order chi connectivity index (χ0) is 18.0. The van der Waals surface area contributed by atoms with Crippen molar-refractivity contribution in [3.05, 3.63) is 46.8 Å². The van der Waals surface area contributed by atoms with Gasteiger partial charge in [-0.05, 0) is 45.2 Å². The molecule has 2 heterocycles. The minimum Gasteiger partial charge on any atom is -0.369 e. The number of benzene rings is 1. The van der Waals surface area contributed by atoms with E-state index in [4.69, 9.17) is 4.52 Å². The van der Waals surface area contributed by atoms with Crippen molar-refractivity contribution in [1.29, 1.82) is 0 Å². The SMILES string of the molecule is Cc1ccc(N2CC[C@@H](NC(=O)C[C@H](C)c3c(C)noc3C)C2)cc1. The van der Waals surface area contributed by atoms with Gasteiger partial charge in [0, 0.05) is 36.8 Å². The predicted molar refractivity (Wildman–Crippen MR) is 98.9 cm³/mol. The third kappa shape index (κ3) is 4.03. The molecule has 0 spiro atoms. The monoisotopic (exact) mass is 341 g/mol. The maximum atomic E-state index is 12.4. The number of nitrogens with zero attached hydrogens (tertiary/aromatic N) is 2. The van der Waals surface area contributed by atoms with Crippen LogP contribution in [-0.2, 0) is 4.79 Å². The highest BCUT2D eigenvalue weighted by molar-refractivity contribution is 5.77.